The molecular formula is C14H21N3O3. The predicted octanol–water partition coefficient (Wildman–Crippen LogP) is 1.53. The zero-order chi connectivity index (χ0) is 14.9. The Kier molecular flexibility index (Phi) is 4.11. The van der Waals surface area contributed by atoms with E-state index in [1.807, 2.05) is 13.8 Å². The van der Waals surface area contributed by atoms with Crippen molar-refractivity contribution in [3.05, 3.63) is 17.5 Å². The molecule has 6 heteroatoms. The summed E-state index contributed by atoms with van der Waals surface area (Å²) < 4.78 is 1.58. The van der Waals surface area contributed by atoms with Gasteiger partial charge in [-0.2, -0.15) is 5.10 Å². The molecule has 0 aliphatic heterocycles. The molecule has 1 aromatic heterocycles. The second kappa shape index (κ2) is 5.64. The number of rotatable bonds is 4. The van der Waals surface area contributed by atoms with Gasteiger partial charge in [0.2, 0.25) is 0 Å². The van der Waals surface area contributed by atoms with Crippen LogP contribution in [0.1, 0.15) is 55.2 Å². The maximum atomic E-state index is 12.2. The summed E-state index contributed by atoms with van der Waals surface area (Å²) in [6.45, 7) is 4.05. The van der Waals surface area contributed by atoms with E-state index in [1.165, 1.54) is 0 Å². The number of nitrogens with one attached hydrogen (secondary N) is 1. The SMILES string of the molecule is CC(C)c1cc(C(=O)N[C@@H]2CC[C@H](C(=O)O)C2)n(C)n1. The van der Waals surface area contributed by atoms with E-state index in [0.29, 0.717) is 18.5 Å². The first-order valence-electron chi connectivity index (χ1n) is 6.96. The van der Waals surface area contributed by atoms with Gasteiger partial charge < -0.3 is 10.4 Å². The Morgan fingerprint density at radius 3 is 2.65 bits per heavy atom. The van der Waals surface area contributed by atoms with Crippen LogP contribution in [-0.2, 0) is 11.8 Å². The Bertz CT molecular complexity index is 522. The van der Waals surface area contributed by atoms with Crippen molar-refractivity contribution in [2.45, 2.75) is 45.1 Å². The van der Waals surface area contributed by atoms with Crippen molar-refractivity contribution in [2.24, 2.45) is 13.0 Å². The molecule has 0 saturated heterocycles. The Morgan fingerprint density at radius 2 is 2.15 bits per heavy atom. The topological polar surface area (TPSA) is 84.2 Å². The van der Waals surface area contributed by atoms with Crippen LogP contribution in [0.15, 0.2) is 6.07 Å². The second-order valence-electron chi connectivity index (χ2n) is 5.75. The summed E-state index contributed by atoms with van der Waals surface area (Å²) in [6, 6.07) is 1.74. The minimum absolute atomic E-state index is 0.0546. The highest BCUT2D eigenvalue weighted by Gasteiger charge is 2.31. The molecule has 1 heterocycles. The average Bonchev–Trinajstić information content (AvgIpc) is 2.95. The smallest absolute Gasteiger partial charge is 0.306 e. The van der Waals surface area contributed by atoms with E-state index in [4.69, 9.17) is 5.11 Å². The van der Waals surface area contributed by atoms with E-state index < -0.39 is 5.97 Å². The molecule has 1 fully saturated rings. The Hall–Kier alpha value is -1.85. The fraction of sp³-hybridized carbons (Fsp3) is 0.643. The number of aryl methyl sites for hydroxylation is 1. The lowest BCUT2D eigenvalue weighted by atomic mass is 10.1. The normalized spacial score (nSPS) is 22.2. The standard InChI is InChI=1S/C14H21N3O3/c1-8(2)11-7-12(17(3)16-11)13(18)15-10-5-4-9(6-10)14(19)20/h7-10H,4-6H2,1-3H3,(H,15,18)(H,19,20)/t9-,10+/m0/s1. The van der Waals surface area contributed by atoms with Crippen LogP contribution < -0.4 is 5.32 Å². The molecule has 6 nitrogen and oxygen atoms in total. The molecule has 0 spiro atoms. The maximum Gasteiger partial charge on any atom is 0.306 e. The van der Waals surface area contributed by atoms with Crippen molar-refractivity contribution in [2.75, 3.05) is 0 Å². The maximum absolute atomic E-state index is 12.2. The third-order valence-electron chi connectivity index (χ3n) is 3.84. The van der Waals surface area contributed by atoms with Gasteiger partial charge in [0.15, 0.2) is 0 Å². The number of carbonyl (C=O) groups is 2. The zero-order valence-electron chi connectivity index (χ0n) is 12.1. The van der Waals surface area contributed by atoms with Gasteiger partial charge in [-0.3, -0.25) is 14.3 Å². The number of aliphatic carboxylic acids is 1. The lowest BCUT2D eigenvalue weighted by Gasteiger charge is -2.12. The molecule has 0 bridgehead atoms. The van der Waals surface area contributed by atoms with Gasteiger partial charge in [0, 0.05) is 13.1 Å². The Morgan fingerprint density at radius 1 is 1.45 bits per heavy atom. The second-order valence-corrected chi connectivity index (χ2v) is 5.75. The van der Waals surface area contributed by atoms with Gasteiger partial charge in [0.05, 0.1) is 11.6 Å². The van der Waals surface area contributed by atoms with Crippen LogP contribution in [0.5, 0.6) is 0 Å². The van der Waals surface area contributed by atoms with Crippen LogP contribution in [0, 0.1) is 5.92 Å². The van der Waals surface area contributed by atoms with Crippen LogP contribution in [0.4, 0.5) is 0 Å². The number of amides is 1. The Labute approximate surface area is 118 Å². The molecule has 1 amide bonds. The van der Waals surface area contributed by atoms with E-state index in [-0.39, 0.29) is 23.8 Å². The van der Waals surface area contributed by atoms with Crippen LogP contribution in [0.25, 0.3) is 0 Å². The first kappa shape index (κ1) is 14.6. The molecule has 0 aromatic carbocycles. The predicted molar refractivity (Wildman–Crippen MR) is 73.5 cm³/mol. The van der Waals surface area contributed by atoms with E-state index in [2.05, 4.69) is 10.4 Å². The molecule has 0 unspecified atom stereocenters. The van der Waals surface area contributed by atoms with E-state index in [1.54, 1.807) is 17.8 Å². The molecule has 20 heavy (non-hydrogen) atoms. The molecule has 1 saturated carbocycles. The minimum Gasteiger partial charge on any atom is -0.481 e. The van der Waals surface area contributed by atoms with Crippen molar-refractivity contribution in [1.29, 1.82) is 0 Å². The Balaban J connectivity index is 2.01. The molecule has 2 N–H and O–H groups in total. The first-order chi connectivity index (χ1) is 9.38. The molecule has 2 atom stereocenters. The van der Waals surface area contributed by atoms with E-state index >= 15 is 0 Å². The average molecular weight is 279 g/mol. The zero-order valence-corrected chi connectivity index (χ0v) is 12.1. The van der Waals surface area contributed by atoms with Gasteiger partial charge in [-0.1, -0.05) is 13.8 Å². The highest BCUT2D eigenvalue weighted by molar-refractivity contribution is 5.93. The van der Waals surface area contributed by atoms with Crippen molar-refractivity contribution in [1.82, 2.24) is 15.1 Å². The lowest BCUT2D eigenvalue weighted by Crippen LogP contribution is -2.34. The van der Waals surface area contributed by atoms with Crippen LogP contribution in [-0.4, -0.2) is 32.8 Å². The fourth-order valence-electron chi connectivity index (χ4n) is 2.58. The van der Waals surface area contributed by atoms with Crippen molar-refractivity contribution in [3.63, 3.8) is 0 Å². The highest BCUT2D eigenvalue weighted by Crippen LogP contribution is 2.26. The van der Waals surface area contributed by atoms with E-state index in [9.17, 15) is 9.59 Å². The van der Waals surface area contributed by atoms with Gasteiger partial charge in [0.1, 0.15) is 5.69 Å². The van der Waals surface area contributed by atoms with Crippen LogP contribution >= 0.6 is 0 Å². The number of nitrogens with zero attached hydrogens (tertiary/aromatic N) is 2. The molecule has 1 aliphatic rings. The molecule has 0 radical (unpaired) electrons. The fourth-order valence-corrected chi connectivity index (χ4v) is 2.58. The van der Waals surface area contributed by atoms with E-state index in [0.717, 1.165) is 12.1 Å². The van der Waals surface area contributed by atoms with Gasteiger partial charge in [-0.05, 0) is 31.2 Å². The first-order valence-corrected chi connectivity index (χ1v) is 6.96. The number of hydrogen-bond acceptors (Lipinski definition) is 3. The summed E-state index contributed by atoms with van der Waals surface area (Å²) in [6.07, 6.45) is 1.86. The summed E-state index contributed by atoms with van der Waals surface area (Å²) in [5.41, 5.74) is 1.40. The largest absolute Gasteiger partial charge is 0.481 e. The molecule has 2 rings (SSSR count). The van der Waals surface area contributed by atoms with Crippen LogP contribution in [0.3, 0.4) is 0 Å². The number of aromatic nitrogens is 2. The summed E-state index contributed by atoms with van der Waals surface area (Å²) >= 11 is 0. The number of hydrogen-bond donors (Lipinski definition) is 2. The summed E-state index contributed by atoms with van der Waals surface area (Å²) in [4.78, 5) is 23.1. The number of carbonyl (C=O) groups excluding carboxylic acids is 1. The summed E-state index contributed by atoms with van der Waals surface area (Å²) in [5.74, 6) is -1.02. The number of carboxylic acids is 1. The van der Waals surface area contributed by atoms with Crippen molar-refractivity contribution in [3.8, 4) is 0 Å². The lowest BCUT2D eigenvalue weighted by molar-refractivity contribution is -0.141. The monoisotopic (exact) mass is 279 g/mol. The van der Waals surface area contributed by atoms with Crippen LogP contribution in [0.2, 0.25) is 0 Å². The number of carboxylic acid groups (broad SMARTS) is 1. The van der Waals surface area contributed by atoms with Gasteiger partial charge >= 0.3 is 5.97 Å². The third kappa shape index (κ3) is 3.00. The van der Waals surface area contributed by atoms with Gasteiger partial charge in [-0.25, -0.2) is 0 Å². The van der Waals surface area contributed by atoms with Gasteiger partial charge in [-0.15, -0.1) is 0 Å². The summed E-state index contributed by atoms with van der Waals surface area (Å²) in [7, 11) is 1.75. The molecule has 110 valence electrons. The quantitative estimate of drug-likeness (QED) is 0.875. The molecule has 1 aliphatic carbocycles. The highest BCUT2D eigenvalue weighted by atomic mass is 16.4. The summed E-state index contributed by atoms with van der Waals surface area (Å²) in [5, 5.41) is 16.2. The molecular weight excluding hydrogens is 258 g/mol. The van der Waals surface area contributed by atoms with Gasteiger partial charge in [0.25, 0.3) is 5.91 Å². The third-order valence-corrected chi connectivity index (χ3v) is 3.84. The minimum atomic E-state index is -0.774. The molecule has 1 aromatic rings. The van der Waals surface area contributed by atoms with Crippen molar-refractivity contribution >= 4 is 11.9 Å². The van der Waals surface area contributed by atoms with Crippen molar-refractivity contribution < 1.29 is 14.7 Å².